The van der Waals surface area contributed by atoms with E-state index in [1.165, 1.54) is 50.6 Å². The van der Waals surface area contributed by atoms with Crippen LogP contribution >= 0.6 is 0 Å². The molecule has 0 aliphatic carbocycles. The summed E-state index contributed by atoms with van der Waals surface area (Å²) in [5.41, 5.74) is 1.45. The van der Waals surface area contributed by atoms with Crippen LogP contribution in [-0.2, 0) is 19.6 Å². The molecule has 0 saturated carbocycles. The standard InChI is InChI=1S/C25H45NO3/c1-6-24(5,23-19-15-18-22-26-23)20-16-13-11-10-12-14-17-21-25(27-7-2,28-8-3)29-9-4/h15,18-19,22H,6-14,16-17,20-21H2,1-5H3. The highest BCUT2D eigenvalue weighted by Crippen LogP contribution is 2.32. The van der Waals surface area contributed by atoms with Crippen molar-refractivity contribution in [3.8, 4) is 0 Å². The topological polar surface area (TPSA) is 40.6 Å². The lowest BCUT2D eigenvalue weighted by Gasteiger charge is -2.32. The molecule has 0 radical (unpaired) electrons. The van der Waals surface area contributed by atoms with Gasteiger partial charge in [0.1, 0.15) is 0 Å². The van der Waals surface area contributed by atoms with Crippen molar-refractivity contribution >= 4 is 0 Å². The Labute approximate surface area is 179 Å². The molecule has 1 aromatic heterocycles. The first kappa shape index (κ1) is 26.1. The third kappa shape index (κ3) is 9.59. The van der Waals surface area contributed by atoms with Gasteiger partial charge >= 0.3 is 0 Å². The summed E-state index contributed by atoms with van der Waals surface area (Å²) >= 11 is 0. The number of hydrogen-bond acceptors (Lipinski definition) is 4. The van der Waals surface area contributed by atoms with Crippen LogP contribution in [0.15, 0.2) is 24.4 Å². The smallest absolute Gasteiger partial charge is 0.282 e. The second-order valence-electron chi connectivity index (χ2n) is 8.09. The molecule has 0 aliphatic heterocycles. The van der Waals surface area contributed by atoms with Crippen LogP contribution in [0.2, 0.25) is 0 Å². The monoisotopic (exact) mass is 407 g/mol. The van der Waals surface area contributed by atoms with Crippen LogP contribution in [0.4, 0.5) is 0 Å². The van der Waals surface area contributed by atoms with Crippen LogP contribution in [0.3, 0.4) is 0 Å². The summed E-state index contributed by atoms with van der Waals surface area (Å²) in [6.45, 7) is 12.4. The molecule has 0 aromatic carbocycles. The molecule has 1 aromatic rings. The van der Waals surface area contributed by atoms with Gasteiger partial charge < -0.3 is 14.2 Å². The van der Waals surface area contributed by atoms with E-state index in [1.807, 2.05) is 33.0 Å². The molecule has 4 nitrogen and oxygen atoms in total. The highest BCUT2D eigenvalue weighted by atomic mass is 16.9. The van der Waals surface area contributed by atoms with Crippen molar-refractivity contribution in [3.05, 3.63) is 30.1 Å². The first-order valence-corrected chi connectivity index (χ1v) is 11.9. The molecule has 0 spiro atoms. The van der Waals surface area contributed by atoms with Crippen molar-refractivity contribution in [2.75, 3.05) is 19.8 Å². The van der Waals surface area contributed by atoms with Crippen molar-refractivity contribution in [1.29, 1.82) is 0 Å². The lowest BCUT2D eigenvalue weighted by Crippen LogP contribution is -2.39. The quantitative estimate of drug-likeness (QED) is 0.193. The number of unbranched alkanes of at least 4 members (excludes halogenated alkanes) is 6. The Morgan fingerprint density at radius 2 is 1.24 bits per heavy atom. The summed E-state index contributed by atoms with van der Waals surface area (Å²) in [5, 5.41) is 0. The van der Waals surface area contributed by atoms with E-state index in [1.54, 1.807) is 0 Å². The number of nitrogens with zero attached hydrogens (tertiary/aromatic N) is 1. The third-order valence-corrected chi connectivity index (χ3v) is 5.87. The molecule has 0 N–H and O–H groups in total. The Hall–Kier alpha value is -0.970. The lowest BCUT2D eigenvalue weighted by molar-refractivity contribution is -0.380. The normalized spacial score (nSPS) is 14.1. The van der Waals surface area contributed by atoms with Gasteiger partial charge in [0.25, 0.3) is 5.97 Å². The summed E-state index contributed by atoms with van der Waals surface area (Å²) < 4.78 is 17.4. The van der Waals surface area contributed by atoms with Crippen LogP contribution in [0.1, 0.15) is 105 Å². The molecule has 1 rings (SSSR count). The molecular weight excluding hydrogens is 362 g/mol. The van der Waals surface area contributed by atoms with Gasteiger partial charge in [-0.15, -0.1) is 0 Å². The van der Waals surface area contributed by atoms with Gasteiger partial charge in [0.15, 0.2) is 0 Å². The first-order chi connectivity index (χ1) is 14.1. The second-order valence-corrected chi connectivity index (χ2v) is 8.09. The maximum atomic E-state index is 5.80. The number of rotatable bonds is 18. The molecule has 168 valence electrons. The van der Waals surface area contributed by atoms with Crippen LogP contribution in [-0.4, -0.2) is 30.8 Å². The molecule has 1 atom stereocenters. The van der Waals surface area contributed by atoms with E-state index < -0.39 is 5.97 Å². The maximum Gasteiger partial charge on any atom is 0.282 e. The van der Waals surface area contributed by atoms with E-state index in [0.29, 0.717) is 19.8 Å². The zero-order chi connectivity index (χ0) is 21.4. The highest BCUT2D eigenvalue weighted by Gasteiger charge is 2.31. The molecular formula is C25H45NO3. The Morgan fingerprint density at radius 3 is 1.69 bits per heavy atom. The zero-order valence-corrected chi connectivity index (χ0v) is 19.7. The van der Waals surface area contributed by atoms with Crippen LogP contribution in [0, 0.1) is 0 Å². The van der Waals surface area contributed by atoms with E-state index in [-0.39, 0.29) is 5.41 Å². The van der Waals surface area contributed by atoms with Crippen LogP contribution < -0.4 is 0 Å². The van der Waals surface area contributed by atoms with Gasteiger partial charge in [-0.3, -0.25) is 4.98 Å². The van der Waals surface area contributed by atoms with Crippen molar-refractivity contribution in [1.82, 2.24) is 4.98 Å². The average Bonchev–Trinajstić information content (AvgIpc) is 2.73. The molecule has 0 amide bonds. The molecule has 0 saturated heterocycles. The van der Waals surface area contributed by atoms with E-state index >= 15 is 0 Å². The predicted molar refractivity (Wildman–Crippen MR) is 121 cm³/mol. The number of pyridine rings is 1. The molecule has 1 unspecified atom stereocenters. The molecule has 0 aliphatic rings. The Kier molecular flexibility index (Phi) is 13.4. The number of aromatic nitrogens is 1. The fourth-order valence-corrected chi connectivity index (χ4v) is 3.95. The fraction of sp³-hybridized carbons (Fsp3) is 0.800. The van der Waals surface area contributed by atoms with Gasteiger partial charge in [-0.05, 0) is 52.2 Å². The molecule has 4 heteroatoms. The summed E-state index contributed by atoms with van der Waals surface area (Å²) in [5.74, 6) is -0.839. The van der Waals surface area contributed by atoms with Crippen molar-refractivity contribution in [2.45, 2.75) is 110 Å². The SMILES string of the molecule is CCOC(CCCCCCCCCC(C)(CC)c1ccccn1)(OCC)OCC. The van der Waals surface area contributed by atoms with Gasteiger partial charge in [0.2, 0.25) is 0 Å². The van der Waals surface area contributed by atoms with Crippen molar-refractivity contribution < 1.29 is 14.2 Å². The summed E-state index contributed by atoms with van der Waals surface area (Å²) in [4.78, 5) is 4.60. The predicted octanol–water partition coefficient (Wildman–Crippen LogP) is 7.02. The summed E-state index contributed by atoms with van der Waals surface area (Å²) in [6, 6.07) is 6.28. The largest absolute Gasteiger partial charge is 0.328 e. The Bertz CT molecular complexity index is 491. The highest BCUT2D eigenvalue weighted by molar-refractivity contribution is 5.15. The number of hydrogen-bond donors (Lipinski definition) is 0. The first-order valence-electron chi connectivity index (χ1n) is 11.9. The summed E-state index contributed by atoms with van der Waals surface area (Å²) in [6.07, 6.45) is 13.8. The van der Waals surface area contributed by atoms with Gasteiger partial charge in [-0.25, -0.2) is 0 Å². The maximum absolute atomic E-state index is 5.80. The van der Waals surface area contributed by atoms with Gasteiger partial charge in [0.05, 0.1) is 0 Å². The molecule has 0 bridgehead atoms. The fourth-order valence-electron chi connectivity index (χ4n) is 3.95. The Balaban J connectivity index is 2.20. The summed E-state index contributed by atoms with van der Waals surface area (Å²) in [7, 11) is 0. The molecule has 1 heterocycles. The van der Waals surface area contributed by atoms with E-state index in [0.717, 1.165) is 19.3 Å². The van der Waals surface area contributed by atoms with Gasteiger partial charge in [-0.1, -0.05) is 58.4 Å². The van der Waals surface area contributed by atoms with Gasteiger partial charge in [-0.2, -0.15) is 0 Å². The van der Waals surface area contributed by atoms with Crippen molar-refractivity contribution in [2.24, 2.45) is 0 Å². The Morgan fingerprint density at radius 1 is 0.724 bits per heavy atom. The van der Waals surface area contributed by atoms with Gasteiger partial charge in [0, 0.05) is 43.5 Å². The minimum atomic E-state index is -0.839. The van der Waals surface area contributed by atoms with Crippen LogP contribution in [0.25, 0.3) is 0 Å². The number of ether oxygens (including phenoxy) is 3. The lowest BCUT2D eigenvalue weighted by atomic mass is 9.79. The van der Waals surface area contributed by atoms with E-state index in [4.69, 9.17) is 14.2 Å². The minimum Gasteiger partial charge on any atom is -0.328 e. The second kappa shape index (κ2) is 14.9. The average molecular weight is 408 g/mol. The van der Waals surface area contributed by atoms with E-state index in [2.05, 4.69) is 31.0 Å². The van der Waals surface area contributed by atoms with Crippen LogP contribution in [0.5, 0.6) is 0 Å². The zero-order valence-electron chi connectivity index (χ0n) is 19.7. The van der Waals surface area contributed by atoms with E-state index in [9.17, 15) is 0 Å². The van der Waals surface area contributed by atoms with Crippen molar-refractivity contribution in [3.63, 3.8) is 0 Å². The minimum absolute atomic E-state index is 0.211. The third-order valence-electron chi connectivity index (χ3n) is 5.87. The molecule has 29 heavy (non-hydrogen) atoms. The molecule has 0 fully saturated rings.